The Labute approximate surface area is 146 Å². The summed E-state index contributed by atoms with van der Waals surface area (Å²) < 4.78 is 53.6. The number of hydrogen-bond acceptors (Lipinski definition) is 3. The number of pyridine rings is 1. The van der Waals surface area contributed by atoms with Crippen molar-refractivity contribution in [2.24, 2.45) is 5.92 Å². The molecule has 0 bridgehead atoms. The molecule has 0 amide bonds. The summed E-state index contributed by atoms with van der Waals surface area (Å²) in [6.07, 6.45) is 5.71. The number of sulfonamides is 1. The minimum Gasteiger partial charge on any atom is -0.263 e. The summed E-state index contributed by atoms with van der Waals surface area (Å²) in [6, 6.07) is 6.73. The molecule has 2 heterocycles. The van der Waals surface area contributed by atoms with Crippen LogP contribution in [0.3, 0.4) is 0 Å². The zero-order valence-electron chi connectivity index (χ0n) is 13.7. The molecule has 0 aliphatic carbocycles. The van der Waals surface area contributed by atoms with Crippen LogP contribution in [-0.2, 0) is 16.4 Å². The fourth-order valence-corrected chi connectivity index (χ4v) is 4.73. The molecule has 7 heteroatoms. The lowest BCUT2D eigenvalue weighted by Crippen LogP contribution is -2.40. The Balaban J connectivity index is 1.65. The van der Waals surface area contributed by atoms with E-state index in [-0.39, 0.29) is 10.8 Å². The number of nitrogens with zero attached hydrogens (tertiary/aromatic N) is 2. The van der Waals surface area contributed by atoms with Gasteiger partial charge in [-0.25, -0.2) is 17.2 Å². The predicted octanol–water partition coefficient (Wildman–Crippen LogP) is 3.39. The van der Waals surface area contributed by atoms with Crippen LogP contribution in [-0.4, -0.2) is 30.8 Å². The topological polar surface area (TPSA) is 50.3 Å². The number of rotatable bonds is 5. The summed E-state index contributed by atoms with van der Waals surface area (Å²) in [5, 5.41) is 0. The third-order valence-corrected chi connectivity index (χ3v) is 6.44. The first-order chi connectivity index (χ1) is 12.0. The lowest BCUT2D eigenvalue weighted by molar-refractivity contribution is 0.255. The van der Waals surface area contributed by atoms with Crippen molar-refractivity contribution in [1.29, 1.82) is 0 Å². The Bertz CT molecular complexity index is 828. The summed E-state index contributed by atoms with van der Waals surface area (Å²) in [6.45, 7) is 0.901. The maximum Gasteiger partial charge on any atom is 0.244 e. The third kappa shape index (κ3) is 4.22. The highest BCUT2D eigenvalue weighted by atomic mass is 32.2. The zero-order chi connectivity index (χ0) is 17.9. The van der Waals surface area contributed by atoms with E-state index in [1.165, 1.54) is 28.8 Å². The smallest absolute Gasteiger partial charge is 0.244 e. The van der Waals surface area contributed by atoms with Crippen LogP contribution in [0.4, 0.5) is 8.78 Å². The van der Waals surface area contributed by atoms with Gasteiger partial charge in [0.05, 0.1) is 0 Å². The number of hydrogen-bond donors (Lipinski definition) is 0. The Hall–Kier alpha value is -1.86. The second kappa shape index (κ2) is 7.58. The third-order valence-electron chi connectivity index (χ3n) is 4.59. The highest BCUT2D eigenvalue weighted by Gasteiger charge is 2.30. The number of piperidine rings is 1. The van der Waals surface area contributed by atoms with Crippen molar-refractivity contribution < 1.29 is 17.2 Å². The Kier molecular flexibility index (Phi) is 5.44. The second-order valence-electron chi connectivity index (χ2n) is 6.33. The van der Waals surface area contributed by atoms with Crippen LogP contribution in [0.15, 0.2) is 47.6 Å². The van der Waals surface area contributed by atoms with Crippen molar-refractivity contribution in [1.82, 2.24) is 9.29 Å². The quantitative estimate of drug-likeness (QED) is 0.815. The van der Waals surface area contributed by atoms with Gasteiger partial charge in [0.1, 0.15) is 16.5 Å². The van der Waals surface area contributed by atoms with Crippen molar-refractivity contribution in [2.45, 2.75) is 30.6 Å². The summed E-state index contributed by atoms with van der Waals surface area (Å²) in [7, 11) is -3.54. The molecule has 25 heavy (non-hydrogen) atoms. The molecule has 1 aliphatic rings. The molecule has 3 rings (SSSR count). The van der Waals surface area contributed by atoms with E-state index < -0.39 is 21.7 Å². The molecule has 1 aromatic carbocycles. The van der Waals surface area contributed by atoms with Gasteiger partial charge in [-0.2, -0.15) is 4.31 Å². The minimum atomic E-state index is -3.54. The number of aryl methyl sites for hydroxylation is 1. The molecule has 0 unspecified atom stereocenters. The SMILES string of the molecule is O=S(=O)(c1cccnc1)N1CCC[C@H](CCc2ccc(F)cc2F)C1. The zero-order valence-corrected chi connectivity index (χ0v) is 14.6. The number of benzene rings is 1. The average molecular weight is 366 g/mol. The molecule has 0 radical (unpaired) electrons. The van der Waals surface area contributed by atoms with Crippen molar-refractivity contribution in [3.8, 4) is 0 Å². The maximum absolute atomic E-state index is 13.7. The van der Waals surface area contributed by atoms with Crippen LogP contribution in [0, 0.1) is 17.6 Å². The van der Waals surface area contributed by atoms with Gasteiger partial charge in [-0.05, 0) is 55.4 Å². The predicted molar refractivity (Wildman–Crippen MR) is 90.4 cm³/mol. The fraction of sp³-hybridized carbons (Fsp3) is 0.389. The standard InChI is InChI=1S/C18H20F2N2O2S/c19-16-8-7-15(18(20)11-16)6-5-14-3-2-10-22(13-14)25(23,24)17-4-1-9-21-12-17/h1,4,7-9,11-12,14H,2-3,5-6,10,13H2/t14-/m1/s1. The van der Waals surface area contributed by atoms with Crippen LogP contribution in [0.1, 0.15) is 24.8 Å². The van der Waals surface area contributed by atoms with Crippen molar-refractivity contribution in [2.75, 3.05) is 13.1 Å². The molecule has 1 aromatic heterocycles. The molecule has 1 saturated heterocycles. The van der Waals surface area contributed by atoms with Gasteiger partial charge >= 0.3 is 0 Å². The van der Waals surface area contributed by atoms with E-state index in [1.54, 1.807) is 12.1 Å². The molecule has 4 nitrogen and oxygen atoms in total. The lowest BCUT2D eigenvalue weighted by Gasteiger charge is -2.32. The van der Waals surface area contributed by atoms with E-state index in [4.69, 9.17) is 0 Å². The van der Waals surface area contributed by atoms with Gasteiger partial charge in [0.25, 0.3) is 0 Å². The molecule has 2 aromatic rings. The molecular weight excluding hydrogens is 346 g/mol. The average Bonchev–Trinajstić information content (AvgIpc) is 2.62. The van der Waals surface area contributed by atoms with Crippen LogP contribution < -0.4 is 0 Å². The Morgan fingerprint density at radius 2 is 2.08 bits per heavy atom. The van der Waals surface area contributed by atoms with E-state index >= 15 is 0 Å². The van der Waals surface area contributed by atoms with Crippen LogP contribution in [0.25, 0.3) is 0 Å². The van der Waals surface area contributed by atoms with Crippen molar-refractivity contribution in [3.63, 3.8) is 0 Å². The molecule has 134 valence electrons. The highest BCUT2D eigenvalue weighted by molar-refractivity contribution is 7.89. The van der Waals surface area contributed by atoms with E-state index in [0.717, 1.165) is 18.9 Å². The highest BCUT2D eigenvalue weighted by Crippen LogP contribution is 2.26. The normalized spacial score (nSPS) is 19.0. The first-order valence-electron chi connectivity index (χ1n) is 8.31. The maximum atomic E-state index is 13.7. The van der Waals surface area contributed by atoms with Gasteiger partial charge in [0.2, 0.25) is 10.0 Å². The molecular formula is C18H20F2N2O2S. The minimum absolute atomic E-state index is 0.157. The molecule has 0 saturated carbocycles. The van der Waals surface area contributed by atoms with Crippen molar-refractivity contribution in [3.05, 3.63) is 59.9 Å². The Morgan fingerprint density at radius 3 is 2.80 bits per heavy atom. The summed E-state index contributed by atoms with van der Waals surface area (Å²) >= 11 is 0. The van der Waals surface area contributed by atoms with Gasteiger partial charge in [-0.3, -0.25) is 4.98 Å². The number of halogens is 2. The number of aromatic nitrogens is 1. The second-order valence-corrected chi connectivity index (χ2v) is 8.27. The lowest BCUT2D eigenvalue weighted by atomic mass is 9.92. The fourth-order valence-electron chi connectivity index (χ4n) is 3.21. The van der Waals surface area contributed by atoms with E-state index in [0.29, 0.717) is 31.5 Å². The van der Waals surface area contributed by atoms with Gasteiger partial charge in [-0.1, -0.05) is 6.07 Å². The molecule has 0 spiro atoms. The molecule has 1 fully saturated rings. The van der Waals surface area contributed by atoms with E-state index in [1.807, 2.05) is 0 Å². The van der Waals surface area contributed by atoms with Gasteiger partial charge in [-0.15, -0.1) is 0 Å². The summed E-state index contributed by atoms with van der Waals surface area (Å²) in [4.78, 5) is 4.07. The first-order valence-corrected chi connectivity index (χ1v) is 9.75. The largest absolute Gasteiger partial charge is 0.263 e. The van der Waals surface area contributed by atoms with Crippen LogP contribution in [0.5, 0.6) is 0 Å². The summed E-state index contributed by atoms with van der Waals surface area (Å²) in [5.74, 6) is -0.979. The van der Waals surface area contributed by atoms with E-state index in [2.05, 4.69) is 4.98 Å². The van der Waals surface area contributed by atoms with Crippen LogP contribution in [0.2, 0.25) is 0 Å². The van der Waals surface area contributed by atoms with Gasteiger partial charge < -0.3 is 0 Å². The van der Waals surface area contributed by atoms with Crippen LogP contribution >= 0.6 is 0 Å². The van der Waals surface area contributed by atoms with E-state index in [9.17, 15) is 17.2 Å². The monoisotopic (exact) mass is 366 g/mol. The summed E-state index contributed by atoms with van der Waals surface area (Å²) in [5.41, 5.74) is 0.466. The molecule has 0 N–H and O–H groups in total. The molecule has 1 aliphatic heterocycles. The van der Waals surface area contributed by atoms with Gasteiger partial charge in [0.15, 0.2) is 0 Å². The first kappa shape index (κ1) is 17.9. The van der Waals surface area contributed by atoms with Gasteiger partial charge in [0, 0.05) is 31.5 Å². The molecule has 1 atom stereocenters. The van der Waals surface area contributed by atoms with Crippen molar-refractivity contribution >= 4 is 10.0 Å². The Morgan fingerprint density at radius 1 is 1.24 bits per heavy atom.